The molecule has 1 aliphatic heterocycles. The van der Waals surface area contributed by atoms with Crippen LogP contribution in [0.5, 0.6) is 0 Å². The first-order chi connectivity index (χ1) is 12.4. The van der Waals surface area contributed by atoms with Crippen LogP contribution in [0, 0.1) is 5.82 Å². The Bertz CT molecular complexity index is 1000. The predicted molar refractivity (Wildman–Crippen MR) is 98.0 cm³/mol. The number of fused-ring (bicyclic) bond motifs is 2. The van der Waals surface area contributed by atoms with Crippen LogP contribution in [-0.4, -0.2) is 25.8 Å². The Morgan fingerprint density at radius 2 is 1.96 bits per heavy atom. The largest absolute Gasteiger partial charge is 0.281 e. The molecule has 0 radical (unpaired) electrons. The summed E-state index contributed by atoms with van der Waals surface area (Å²) in [6.45, 7) is 0. The number of nitrogens with one attached hydrogen (secondary N) is 1. The molecule has 2 heterocycles. The zero-order valence-corrected chi connectivity index (χ0v) is 15.6. The topological polar surface area (TPSA) is 75.6 Å². The number of hydrazone groups is 1. The van der Waals surface area contributed by atoms with Crippen molar-refractivity contribution < 1.29 is 17.6 Å². The maximum Gasteiger partial charge on any atom is 0.281 e. The summed E-state index contributed by atoms with van der Waals surface area (Å²) in [5, 5.41) is 4.11. The number of aryl methyl sites for hydroxylation is 2. The van der Waals surface area contributed by atoms with Gasteiger partial charge in [0.15, 0.2) is 9.84 Å². The van der Waals surface area contributed by atoms with Crippen molar-refractivity contribution in [1.29, 1.82) is 0 Å². The Labute approximate surface area is 154 Å². The highest BCUT2D eigenvalue weighted by Gasteiger charge is 2.28. The molecule has 0 saturated carbocycles. The van der Waals surface area contributed by atoms with Crippen LogP contribution in [0.25, 0.3) is 0 Å². The lowest BCUT2D eigenvalue weighted by Crippen LogP contribution is -2.26. The van der Waals surface area contributed by atoms with Gasteiger partial charge in [-0.05, 0) is 55.5 Å². The number of hydrogen-bond donors (Lipinski definition) is 1. The number of hydrogen-bond acceptors (Lipinski definition) is 5. The molecule has 0 spiro atoms. The van der Waals surface area contributed by atoms with E-state index in [0.717, 1.165) is 37.8 Å². The molecule has 2 aliphatic rings. The van der Waals surface area contributed by atoms with Gasteiger partial charge in [0, 0.05) is 16.9 Å². The fourth-order valence-electron chi connectivity index (χ4n) is 3.37. The van der Waals surface area contributed by atoms with Crippen LogP contribution < -0.4 is 5.43 Å². The molecule has 8 heteroatoms. The molecule has 0 atom stereocenters. The molecule has 1 aliphatic carbocycles. The Morgan fingerprint density at radius 1 is 1.15 bits per heavy atom. The van der Waals surface area contributed by atoms with Crippen LogP contribution in [0.4, 0.5) is 4.39 Å². The Hall–Kier alpha value is -2.06. The van der Waals surface area contributed by atoms with E-state index in [1.165, 1.54) is 27.8 Å². The number of sulfone groups is 1. The molecule has 26 heavy (non-hydrogen) atoms. The highest BCUT2D eigenvalue weighted by atomic mass is 32.2. The first-order valence-electron chi connectivity index (χ1n) is 8.45. The number of halogens is 1. The lowest BCUT2D eigenvalue weighted by atomic mass is 9.99. The number of rotatable bonds is 2. The maximum atomic E-state index is 13.6. The van der Waals surface area contributed by atoms with Gasteiger partial charge in [0.1, 0.15) is 5.82 Å². The van der Waals surface area contributed by atoms with Gasteiger partial charge in [-0.1, -0.05) is 0 Å². The minimum Gasteiger partial charge on any atom is -0.266 e. The summed E-state index contributed by atoms with van der Waals surface area (Å²) >= 11 is 1.48. The Balaban J connectivity index is 1.60. The van der Waals surface area contributed by atoms with Crippen molar-refractivity contribution in [1.82, 2.24) is 5.43 Å². The lowest BCUT2D eigenvalue weighted by molar-refractivity contribution is 0.0958. The van der Waals surface area contributed by atoms with Crippen molar-refractivity contribution >= 4 is 32.8 Å². The van der Waals surface area contributed by atoms with Gasteiger partial charge in [-0.25, -0.2) is 18.2 Å². The molecule has 4 rings (SSSR count). The monoisotopic (exact) mass is 392 g/mol. The fourth-order valence-corrected chi connectivity index (χ4v) is 5.98. The highest BCUT2D eigenvalue weighted by Crippen LogP contribution is 2.30. The van der Waals surface area contributed by atoms with E-state index < -0.39 is 15.7 Å². The summed E-state index contributed by atoms with van der Waals surface area (Å²) in [5.41, 5.74) is 4.34. The second-order valence-electron chi connectivity index (χ2n) is 6.47. The van der Waals surface area contributed by atoms with Crippen molar-refractivity contribution in [2.45, 2.75) is 37.0 Å². The summed E-state index contributed by atoms with van der Waals surface area (Å²) in [6.07, 6.45) is 4.43. The van der Waals surface area contributed by atoms with Crippen molar-refractivity contribution in [2.24, 2.45) is 5.10 Å². The van der Waals surface area contributed by atoms with Crippen molar-refractivity contribution in [3.05, 3.63) is 51.0 Å². The van der Waals surface area contributed by atoms with Crippen LogP contribution in [0.3, 0.4) is 0 Å². The van der Waals surface area contributed by atoms with Gasteiger partial charge in [-0.15, -0.1) is 11.3 Å². The van der Waals surface area contributed by atoms with Crippen LogP contribution in [0.1, 0.15) is 44.9 Å². The minimum atomic E-state index is -3.44. The molecular weight excluding hydrogens is 375 g/mol. The van der Waals surface area contributed by atoms with Gasteiger partial charge in [-0.3, -0.25) is 4.79 Å². The molecule has 1 aromatic heterocycles. The zero-order valence-electron chi connectivity index (χ0n) is 13.9. The average Bonchev–Trinajstić information content (AvgIpc) is 3.05. The number of nitrogens with zero attached hydrogens (tertiary/aromatic N) is 1. The van der Waals surface area contributed by atoms with Crippen LogP contribution in [0.15, 0.2) is 34.3 Å². The third-order valence-corrected chi connectivity index (χ3v) is 7.71. The number of carbonyl (C=O) groups excluding carboxylic acids is 1. The summed E-state index contributed by atoms with van der Waals surface area (Å²) in [7, 11) is -3.44. The molecule has 0 saturated heterocycles. The third-order valence-electron chi connectivity index (χ3n) is 4.71. The highest BCUT2D eigenvalue weighted by molar-refractivity contribution is 7.91. The predicted octanol–water partition coefficient (Wildman–Crippen LogP) is 3.08. The minimum absolute atomic E-state index is 0.0599. The molecule has 2 aromatic rings. The van der Waals surface area contributed by atoms with Gasteiger partial charge in [0.05, 0.1) is 21.2 Å². The Kier molecular flexibility index (Phi) is 4.40. The van der Waals surface area contributed by atoms with Crippen LogP contribution in [-0.2, 0) is 22.7 Å². The van der Waals surface area contributed by atoms with Crippen molar-refractivity contribution in [2.75, 3.05) is 5.75 Å². The van der Waals surface area contributed by atoms with Gasteiger partial charge < -0.3 is 0 Å². The summed E-state index contributed by atoms with van der Waals surface area (Å²) in [6, 6.07) is 5.44. The van der Waals surface area contributed by atoms with Gasteiger partial charge in [-0.2, -0.15) is 5.10 Å². The number of benzene rings is 1. The average molecular weight is 392 g/mol. The van der Waals surface area contributed by atoms with E-state index >= 15 is 0 Å². The second kappa shape index (κ2) is 6.59. The SMILES string of the molecule is O=C(N/N=C1\CCS(=O)(=O)c2ccc(F)cc21)c1cc2c(s1)CCCC2. The Morgan fingerprint density at radius 3 is 2.77 bits per heavy atom. The van der Waals surface area contributed by atoms with E-state index in [0.29, 0.717) is 10.6 Å². The molecule has 0 fully saturated rings. The first-order valence-corrected chi connectivity index (χ1v) is 10.9. The standard InChI is InChI=1S/C18H17FN2O3S2/c19-12-5-6-17-13(10-12)14(7-8-26(17,23)24)20-21-18(22)16-9-11-3-1-2-4-15(11)25-16/h5-6,9-10H,1-4,7-8H2,(H,21,22)/b20-14+. The zero-order chi connectivity index (χ0) is 18.3. The van der Waals surface area contributed by atoms with E-state index in [9.17, 15) is 17.6 Å². The molecule has 0 unspecified atom stereocenters. The molecule has 5 nitrogen and oxygen atoms in total. The van der Waals surface area contributed by atoms with E-state index in [-0.39, 0.29) is 28.5 Å². The molecule has 1 amide bonds. The molecule has 1 aromatic carbocycles. The molecular formula is C18H17FN2O3S2. The van der Waals surface area contributed by atoms with E-state index in [1.807, 2.05) is 6.07 Å². The maximum absolute atomic E-state index is 13.6. The fraction of sp³-hybridized carbons (Fsp3) is 0.333. The molecule has 0 bridgehead atoms. The first kappa shape index (κ1) is 17.4. The second-order valence-corrected chi connectivity index (χ2v) is 9.69. The summed E-state index contributed by atoms with van der Waals surface area (Å²) < 4.78 is 37.9. The van der Waals surface area contributed by atoms with Crippen molar-refractivity contribution in [3.63, 3.8) is 0 Å². The van der Waals surface area contributed by atoms with Crippen LogP contribution >= 0.6 is 11.3 Å². The quantitative estimate of drug-likeness (QED) is 0.630. The molecule has 136 valence electrons. The third kappa shape index (κ3) is 3.19. The lowest BCUT2D eigenvalue weighted by Gasteiger charge is -2.18. The van der Waals surface area contributed by atoms with E-state index in [1.54, 1.807) is 0 Å². The summed E-state index contributed by atoms with van der Waals surface area (Å²) in [4.78, 5) is 14.3. The van der Waals surface area contributed by atoms with Gasteiger partial charge in [0.2, 0.25) is 0 Å². The molecule has 1 N–H and O–H groups in total. The smallest absolute Gasteiger partial charge is 0.266 e. The van der Waals surface area contributed by atoms with Crippen molar-refractivity contribution in [3.8, 4) is 0 Å². The van der Waals surface area contributed by atoms with E-state index in [2.05, 4.69) is 10.5 Å². The number of thiophene rings is 1. The number of carbonyl (C=O) groups is 1. The number of amides is 1. The normalized spacial score (nSPS) is 19.7. The van der Waals surface area contributed by atoms with E-state index in [4.69, 9.17) is 0 Å². The van der Waals surface area contributed by atoms with Gasteiger partial charge in [0.25, 0.3) is 5.91 Å². The van der Waals surface area contributed by atoms with Gasteiger partial charge >= 0.3 is 0 Å². The summed E-state index contributed by atoms with van der Waals surface area (Å²) in [5.74, 6) is -0.956. The van der Waals surface area contributed by atoms with Crippen LogP contribution in [0.2, 0.25) is 0 Å².